The summed E-state index contributed by atoms with van der Waals surface area (Å²) in [6.07, 6.45) is -8.79. The van der Waals surface area contributed by atoms with Crippen LogP contribution >= 0.6 is 7.92 Å². The molecule has 3 heterocycles. The van der Waals surface area contributed by atoms with Crippen LogP contribution in [0, 0.1) is 29.1 Å². The van der Waals surface area contributed by atoms with Crippen molar-refractivity contribution in [3.63, 3.8) is 0 Å². The van der Waals surface area contributed by atoms with E-state index >= 15 is 0 Å². The molecule has 3 aliphatic carbocycles. The van der Waals surface area contributed by atoms with Gasteiger partial charge in [0.2, 0.25) is 0 Å². The third-order valence-electron chi connectivity index (χ3n) is 10.2. The monoisotopic (exact) mass is 512 g/mol. The SMILES string of the molecule is CC(C)(C)C12C3C4CC([Si](C)(C)C)C4C4P1C(C(F)(F)F)=C(C(F)(F)F)C4([Si](C)(C)C)C32. The standard InChI is InChI=1S/C23H35F6PSi2/c1-19(2,3)21-14-11-10-12(31(4,5)6)13(11)17-20(15(14)21,32(7,8)9)16(22(24,25)26)18(30(17)21)23(27,28)29/h11-15,17H,10H2,1-9H3. The Hall–Kier alpha value is 0.184. The lowest BCUT2D eigenvalue weighted by molar-refractivity contribution is -0.116. The Balaban J connectivity index is 1.86. The summed E-state index contributed by atoms with van der Waals surface area (Å²) in [6, 6.07) is 0. The lowest BCUT2D eigenvalue weighted by Crippen LogP contribution is -2.62. The molecule has 9 heteroatoms. The highest BCUT2D eigenvalue weighted by Crippen LogP contribution is 3.07. The second kappa shape index (κ2) is 5.77. The van der Waals surface area contributed by atoms with Crippen LogP contribution in [0.4, 0.5) is 26.3 Å². The van der Waals surface area contributed by atoms with Crippen molar-refractivity contribution in [3.8, 4) is 0 Å². The van der Waals surface area contributed by atoms with Crippen LogP contribution in [-0.2, 0) is 0 Å². The second-order valence-corrected chi connectivity index (χ2v) is 27.5. The average Bonchev–Trinajstić information content (AvgIpc) is 2.97. The summed E-state index contributed by atoms with van der Waals surface area (Å²) < 4.78 is 88.4. The van der Waals surface area contributed by atoms with Gasteiger partial charge in [0.25, 0.3) is 0 Å². The van der Waals surface area contributed by atoms with E-state index in [1.165, 1.54) is 0 Å². The van der Waals surface area contributed by atoms with E-state index in [-0.39, 0.29) is 17.8 Å². The van der Waals surface area contributed by atoms with Crippen molar-refractivity contribution in [1.82, 2.24) is 0 Å². The maximum Gasteiger partial charge on any atom is 0.417 e. The Bertz CT molecular complexity index is 915. The highest BCUT2D eigenvalue weighted by Gasteiger charge is 2.98. The average molecular weight is 513 g/mol. The Morgan fingerprint density at radius 2 is 1.41 bits per heavy atom. The van der Waals surface area contributed by atoms with Gasteiger partial charge < -0.3 is 0 Å². The van der Waals surface area contributed by atoms with Gasteiger partial charge in [-0.15, -0.1) is 0 Å². The fourth-order valence-corrected chi connectivity index (χ4v) is 23.0. The molecule has 0 amide bonds. The molecule has 9 unspecified atom stereocenters. The molecule has 6 rings (SSSR count). The number of halogens is 6. The fourth-order valence-electron chi connectivity index (χ4n) is 9.69. The molecule has 6 aliphatic rings. The van der Waals surface area contributed by atoms with Crippen LogP contribution in [0.1, 0.15) is 27.2 Å². The molecule has 182 valence electrons. The van der Waals surface area contributed by atoms with E-state index in [9.17, 15) is 26.3 Å². The zero-order valence-electron chi connectivity index (χ0n) is 20.4. The molecule has 6 bridgehead atoms. The Morgan fingerprint density at radius 3 is 1.78 bits per heavy atom. The van der Waals surface area contributed by atoms with Gasteiger partial charge in [0, 0.05) is 18.3 Å². The van der Waals surface area contributed by atoms with Gasteiger partial charge in [-0.25, -0.2) is 0 Å². The zero-order valence-corrected chi connectivity index (χ0v) is 23.3. The van der Waals surface area contributed by atoms with Crippen molar-refractivity contribution >= 4 is 24.1 Å². The van der Waals surface area contributed by atoms with Gasteiger partial charge in [0.1, 0.15) is 0 Å². The van der Waals surface area contributed by atoms with Crippen LogP contribution in [0.15, 0.2) is 10.9 Å². The van der Waals surface area contributed by atoms with Crippen molar-refractivity contribution < 1.29 is 26.3 Å². The predicted molar refractivity (Wildman–Crippen MR) is 124 cm³/mol. The van der Waals surface area contributed by atoms with Gasteiger partial charge in [0.15, 0.2) is 0 Å². The summed E-state index contributed by atoms with van der Waals surface area (Å²) >= 11 is 0. The first-order chi connectivity index (χ1) is 14.1. The summed E-state index contributed by atoms with van der Waals surface area (Å²) in [4.78, 5) is 0. The van der Waals surface area contributed by atoms with Gasteiger partial charge in [-0.1, -0.05) is 68.0 Å². The lowest BCUT2D eigenvalue weighted by Gasteiger charge is -2.65. The Morgan fingerprint density at radius 1 is 0.875 bits per heavy atom. The number of hydrogen-bond donors (Lipinski definition) is 0. The van der Waals surface area contributed by atoms with Crippen molar-refractivity contribution in [1.29, 1.82) is 0 Å². The molecule has 0 aromatic heterocycles. The van der Waals surface area contributed by atoms with E-state index in [0.717, 1.165) is 6.42 Å². The molecule has 3 saturated carbocycles. The second-order valence-electron chi connectivity index (χ2n) is 14.2. The van der Waals surface area contributed by atoms with Crippen molar-refractivity contribution in [2.75, 3.05) is 0 Å². The number of allylic oxidation sites excluding steroid dienone is 2. The smallest absolute Gasteiger partial charge is 0.166 e. The quantitative estimate of drug-likeness (QED) is 0.197. The molecule has 5 fully saturated rings. The van der Waals surface area contributed by atoms with Gasteiger partial charge >= 0.3 is 12.4 Å². The molecule has 3 aliphatic heterocycles. The van der Waals surface area contributed by atoms with Crippen molar-refractivity contribution in [3.05, 3.63) is 10.9 Å². The third-order valence-corrected chi connectivity index (χ3v) is 20.9. The zero-order chi connectivity index (χ0) is 24.4. The molecule has 2 saturated heterocycles. The van der Waals surface area contributed by atoms with E-state index in [1.807, 2.05) is 40.4 Å². The highest BCUT2D eigenvalue weighted by atomic mass is 31.1. The fraction of sp³-hybridized carbons (Fsp3) is 0.913. The first kappa shape index (κ1) is 23.9. The summed E-state index contributed by atoms with van der Waals surface area (Å²) in [5.74, 6) is 0.242. The van der Waals surface area contributed by atoms with E-state index in [0.29, 0.717) is 11.5 Å². The molecule has 0 aromatic carbocycles. The van der Waals surface area contributed by atoms with Crippen molar-refractivity contribution in [2.24, 2.45) is 29.1 Å². The maximum absolute atomic E-state index is 14.8. The van der Waals surface area contributed by atoms with E-state index in [4.69, 9.17) is 0 Å². The van der Waals surface area contributed by atoms with Gasteiger partial charge in [-0.2, -0.15) is 26.3 Å². The molecular formula is C23H35F6PSi2. The van der Waals surface area contributed by atoms with E-state index in [1.54, 1.807) is 0 Å². The molecule has 32 heavy (non-hydrogen) atoms. The molecular weight excluding hydrogens is 477 g/mol. The largest absolute Gasteiger partial charge is 0.417 e. The summed E-state index contributed by atoms with van der Waals surface area (Å²) in [6.45, 7) is 18.6. The predicted octanol–water partition coefficient (Wildman–Crippen LogP) is 8.71. The minimum atomic E-state index is -4.91. The van der Waals surface area contributed by atoms with Crippen LogP contribution in [0.3, 0.4) is 0 Å². The van der Waals surface area contributed by atoms with E-state index < -0.39 is 68.6 Å². The maximum atomic E-state index is 14.8. The van der Waals surface area contributed by atoms with E-state index in [2.05, 4.69) is 19.6 Å². The van der Waals surface area contributed by atoms with Crippen LogP contribution in [0.25, 0.3) is 0 Å². The number of rotatable bonds is 2. The lowest BCUT2D eigenvalue weighted by atomic mass is 9.60. The molecule has 0 radical (unpaired) electrons. The van der Waals surface area contributed by atoms with Gasteiger partial charge in [-0.05, 0) is 46.7 Å². The summed E-state index contributed by atoms with van der Waals surface area (Å²) in [7, 11) is -6.30. The first-order valence-corrected chi connectivity index (χ1v) is 20.3. The van der Waals surface area contributed by atoms with Crippen LogP contribution in [0.5, 0.6) is 0 Å². The molecule has 0 N–H and O–H groups in total. The van der Waals surface area contributed by atoms with Crippen LogP contribution in [0.2, 0.25) is 49.9 Å². The van der Waals surface area contributed by atoms with Gasteiger partial charge in [0.05, 0.1) is 19.0 Å². The number of alkyl halides is 6. The Kier molecular flexibility index (Phi) is 4.31. The molecule has 0 nitrogen and oxygen atoms in total. The topological polar surface area (TPSA) is 0 Å². The van der Waals surface area contributed by atoms with Crippen LogP contribution in [-0.4, -0.2) is 39.3 Å². The highest BCUT2D eigenvalue weighted by molar-refractivity contribution is 7.66. The molecule has 9 atom stereocenters. The third kappa shape index (κ3) is 2.28. The first-order valence-electron chi connectivity index (χ1n) is 11.8. The van der Waals surface area contributed by atoms with Crippen LogP contribution < -0.4 is 0 Å². The Labute approximate surface area is 190 Å². The minimum Gasteiger partial charge on any atom is -0.166 e. The summed E-state index contributed by atoms with van der Waals surface area (Å²) in [5.41, 5.74) is -1.59. The summed E-state index contributed by atoms with van der Waals surface area (Å²) in [5, 5.41) is -2.95. The number of hydrogen-bond acceptors (Lipinski definition) is 0. The minimum absolute atomic E-state index is 0.0418. The molecule has 0 spiro atoms. The van der Waals surface area contributed by atoms with Crippen molar-refractivity contribution in [2.45, 2.75) is 100 Å². The molecule has 0 aromatic rings. The van der Waals surface area contributed by atoms with Gasteiger partial charge in [-0.3, -0.25) is 0 Å². The normalized spacial score (nSPS) is 47.5.